The van der Waals surface area contributed by atoms with Gasteiger partial charge in [-0.15, -0.1) is 0 Å². The number of piperidine rings is 1. The molecular formula is C17H23N5O3. The lowest BCUT2D eigenvalue weighted by Crippen LogP contribution is -2.42. The number of nitrogens with zero attached hydrogens (tertiary/aromatic N) is 3. The molecule has 134 valence electrons. The Balaban J connectivity index is 1.73. The number of carbonyl (C=O) groups is 1. The van der Waals surface area contributed by atoms with Gasteiger partial charge < -0.3 is 9.88 Å². The van der Waals surface area contributed by atoms with Crippen molar-refractivity contribution in [2.24, 2.45) is 7.05 Å². The zero-order valence-electron chi connectivity index (χ0n) is 14.5. The zero-order chi connectivity index (χ0) is 18.0. The van der Waals surface area contributed by atoms with E-state index >= 15 is 0 Å². The minimum Gasteiger partial charge on any atom is -0.342 e. The predicted molar refractivity (Wildman–Crippen MR) is 92.5 cm³/mol. The average Bonchev–Trinajstić information content (AvgIpc) is 3.11. The standard InChI is InChI=1S/C17H23N5O3/c1-3-11-9-19-20-15(11)12-5-4-6-22(10-12)14(23)7-13-8-18-17(25)21(2)16(13)24/h8-9,12H,3-7,10H2,1-2H3,(H,18,25)(H,19,20). The number of hydrogen-bond acceptors (Lipinski definition) is 4. The van der Waals surface area contributed by atoms with E-state index < -0.39 is 11.2 Å². The normalized spacial score (nSPS) is 17.7. The third-order valence-corrected chi connectivity index (χ3v) is 4.91. The molecule has 1 amide bonds. The number of aryl methyl sites for hydroxylation is 1. The second-order valence-electron chi connectivity index (χ2n) is 6.50. The van der Waals surface area contributed by atoms with Crippen molar-refractivity contribution in [3.63, 3.8) is 0 Å². The number of likely N-dealkylation sites (tertiary alicyclic amines) is 1. The van der Waals surface area contributed by atoms with Crippen molar-refractivity contribution in [3.8, 4) is 0 Å². The molecule has 3 heterocycles. The van der Waals surface area contributed by atoms with E-state index in [-0.39, 0.29) is 18.2 Å². The Morgan fingerprint density at radius 3 is 2.92 bits per heavy atom. The lowest BCUT2D eigenvalue weighted by molar-refractivity contribution is -0.131. The van der Waals surface area contributed by atoms with Crippen LogP contribution in [0.25, 0.3) is 0 Å². The molecule has 0 bridgehead atoms. The number of hydrogen-bond donors (Lipinski definition) is 2. The first-order valence-electron chi connectivity index (χ1n) is 8.58. The van der Waals surface area contributed by atoms with Gasteiger partial charge in [0.2, 0.25) is 5.91 Å². The molecule has 1 atom stereocenters. The van der Waals surface area contributed by atoms with E-state index in [0.717, 1.165) is 29.5 Å². The monoisotopic (exact) mass is 345 g/mol. The summed E-state index contributed by atoms with van der Waals surface area (Å²) in [7, 11) is 1.40. The molecule has 1 aliphatic heterocycles. The van der Waals surface area contributed by atoms with Gasteiger partial charge in [-0.05, 0) is 24.8 Å². The summed E-state index contributed by atoms with van der Waals surface area (Å²) >= 11 is 0. The van der Waals surface area contributed by atoms with E-state index in [4.69, 9.17) is 0 Å². The van der Waals surface area contributed by atoms with Gasteiger partial charge in [-0.3, -0.25) is 19.3 Å². The molecule has 25 heavy (non-hydrogen) atoms. The summed E-state index contributed by atoms with van der Waals surface area (Å²) in [6, 6.07) is 0. The number of nitrogens with one attached hydrogen (secondary N) is 2. The van der Waals surface area contributed by atoms with Crippen LogP contribution in [0.5, 0.6) is 0 Å². The summed E-state index contributed by atoms with van der Waals surface area (Å²) in [5.74, 6) is 0.153. The zero-order valence-corrected chi connectivity index (χ0v) is 14.5. The Bertz CT molecular complexity index is 879. The molecule has 8 nitrogen and oxygen atoms in total. The highest BCUT2D eigenvalue weighted by molar-refractivity contribution is 5.78. The summed E-state index contributed by atoms with van der Waals surface area (Å²) in [5, 5.41) is 7.21. The van der Waals surface area contributed by atoms with Crippen LogP contribution in [0.4, 0.5) is 0 Å². The second kappa shape index (κ2) is 7.08. The lowest BCUT2D eigenvalue weighted by Gasteiger charge is -2.32. The second-order valence-corrected chi connectivity index (χ2v) is 6.50. The average molecular weight is 345 g/mol. The predicted octanol–water partition coefficient (Wildman–Crippen LogP) is 0.308. The van der Waals surface area contributed by atoms with E-state index in [9.17, 15) is 14.4 Å². The topological polar surface area (TPSA) is 104 Å². The Morgan fingerprint density at radius 2 is 2.16 bits per heavy atom. The number of H-pyrrole nitrogens is 2. The fourth-order valence-electron chi connectivity index (χ4n) is 3.41. The van der Waals surface area contributed by atoms with Gasteiger partial charge in [0.15, 0.2) is 0 Å². The molecule has 8 heteroatoms. The molecule has 1 saturated heterocycles. The summed E-state index contributed by atoms with van der Waals surface area (Å²) in [5.41, 5.74) is 1.71. The molecule has 0 aliphatic carbocycles. The van der Waals surface area contributed by atoms with Gasteiger partial charge in [0.05, 0.1) is 12.6 Å². The number of rotatable bonds is 4. The quantitative estimate of drug-likeness (QED) is 0.832. The highest BCUT2D eigenvalue weighted by atomic mass is 16.2. The number of carbonyl (C=O) groups excluding carboxylic acids is 1. The summed E-state index contributed by atoms with van der Waals surface area (Å²) in [4.78, 5) is 40.5. The number of amides is 1. The van der Waals surface area contributed by atoms with Crippen molar-refractivity contribution in [2.75, 3.05) is 13.1 Å². The minimum atomic E-state index is -0.481. The van der Waals surface area contributed by atoms with Crippen LogP contribution in [0.15, 0.2) is 22.0 Å². The van der Waals surface area contributed by atoms with E-state index in [1.54, 1.807) is 4.90 Å². The molecule has 2 N–H and O–H groups in total. The van der Waals surface area contributed by atoms with Gasteiger partial charge in [0, 0.05) is 43.5 Å². The highest BCUT2D eigenvalue weighted by Gasteiger charge is 2.27. The molecule has 1 unspecified atom stereocenters. The van der Waals surface area contributed by atoms with Crippen molar-refractivity contribution in [3.05, 3.63) is 50.1 Å². The first-order valence-corrected chi connectivity index (χ1v) is 8.58. The van der Waals surface area contributed by atoms with Crippen LogP contribution in [0.2, 0.25) is 0 Å². The minimum absolute atomic E-state index is 0.000214. The number of aromatic nitrogens is 4. The maximum atomic E-state index is 12.6. The molecule has 3 rings (SSSR count). The Kier molecular flexibility index (Phi) is 4.87. The van der Waals surface area contributed by atoms with Crippen molar-refractivity contribution < 1.29 is 4.79 Å². The van der Waals surface area contributed by atoms with Crippen molar-refractivity contribution in [1.82, 2.24) is 24.6 Å². The highest BCUT2D eigenvalue weighted by Crippen LogP contribution is 2.28. The van der Waals surface area contributed by atoms with Gasteiger partial charge in [0.1, 0.15) is 0 Å². The fraction of sp³-hybridized carbons (Fsp3) is 0.529. The summed E-state index contributed by atoms with van der Waals surface area (Å²) in [6.45, 7) is 3.40. The molecule has 2 aromatic rings. The van der Waals surface area contributed by atoms with Crippen LogP contribution >= 0.6 is 0 Å². The largest absolute Gasteiger partial charge is 0.342 e. The molecule has 0 saturated carbocycles. The van der Waals surface area contributed by atoms with Crippen molar-refractivity contribution in [2.45, 2.75) is 38.5 Å². The van der Waals surface area contributed by atoms with Gasteiger partial charge >= 0.3 is 5.69 Å². The Hall–Kier alpha value is -2.64. The Morgan fingerprint density at radius 1 is 1.36 bits per heavy atom. The molecule has 0 spiro atoms. The fourth-order valence-corrected chi connectivity index (χ4v) is 3.41. The van der Waals surface area contributed by atoms with Crippen LogP contribution in [0, 0.1) is 0 Å². The maximum absolute atomic E-state index is 12.6. The third kappa shape index (κ3) is 3.42. The molecule has 0 aromatic carbocycles. The van der Waals surface area contributed by atoms with Crippen molar-refractivity contribution in [1.29, 1.82) is 0 Å². The van der Waals surface area contributed by atoms with Gasteiger partial charge in [-0.2, -0.15) is 5.10 Å². The van der Waals surface area contributed by atoms with Crippen LogP contribution < -0.4 is 11.2 Å². The summed E-state index contributed by atoms with van der Waals surface area (Å²) in [6.07, 6.45) is 6.03. The SMILES string of the molecule is CCc1cn[nH]c1C1CCCN(C(=O)Cc2c[nH]c(=O)n(C)c2=O)C1. The van der Waals surface area contributed by atoms with Gasteiger partial charge in [0.25, 0.3) is 5.56 Å². The van der Waals surface area contributed by atoms with E-state index in [1.807, 2.05) is 6.20 Å². The Labute approximate surface area is 144 Å². The molecular weight excluding hydrogens is 322 g/mol. The molecule has 1 aliphatic rings. The number of aromatic amines is 2. The van der Waals surface area contributed by atoms with E-state index in [2.05, 4.69) is 22.1 Å². The van der Waals surface area contributed by atoms with Crippen LogP contribution in [-0.2, 0) is 24.7 Å². The third-order valence-electron chi connectivity index (χ3n) is 4.91. The maximum Gasteiger partial charge on any atom is 0.328 e. The van der Waals surface area contributed by atoms with Crippen LogP contribution in [0.1, 0.15) is 42.5 Å². The molecule has 0 radical (unpaired) electrons. The smallest absolute Gasteiger partial charge is 0.328 e. The van der Waals surface area contributed by atoms with Crippen molar-refractivity contribution >= 4 is 5.91 Å². The molecule has 2 aromatic heterocycles. The van der Waals surface area contributed by atoms with E-state index in [0.29, 0.717) is 18.7 Å². The van der Waals surface area contributed by atoms with Crippen LogP contribution in [-0.4, -0.2) is 43.6 Å². The summed E-state index contributed by atoms with van der Waals surface area (Å²) < 4.78 is 0.986. The first kappa shape index (κ1) is 17.2. The van der Waals surface area contributed by atoms with E-state index in [1.165, 1.54) is 18.8 Å². The van der Waals surface area contributed by atoms with Gasteiger partial charge in [-0.25, -0.2) is 4.79 Å². The lowest BCUT2D eigenvalue weighted by atomic mass is 9.91. The molecule has 1 fully saturated rings. The van der Waals surface area contributed by atoms with Gasteiger partial charge in [-0.1, -0.05) is 6.92 Å². The first-order chi connectivity index (χ1) is 12.0. The van der Waals surface area contributed by atoms with Crippen LogP contribution in [0.3, 0.4) is 0 Å².